The zero-order chi connectivity index (χ0) is 9.14. The summed E-state index contributed by atoms with van der Waals surface area (Å²) < 4.78 is 4.35. The van der Waals surface area contributed by atoms with Gasteiger partial charge in [0.25, 0.3) is 0 Å². The van der Waals surface area contributed by atoms with Gasteiger partial charge in [0.2, 0.25) is 5.75 Å². The minimum Gasteiger partial charge on any atom is -0.504 e. The van der Waals surface area contributed by atoms with Gasteiger partial charge in [0, 0.05) is 0 Å². The maximum absolute atomic E-state index is 10.2. The number of hydrogen-bond donors (Lipinski definition) is 3. The van der Waals surface area contributed by atoms with E-state index in [-0.39, 0.29) is 11.5 Å². The molecule has 0 radical (unpaired) electrons. The first kappa shape index (κ1) is 8.19. The second-order valence-electron chi connectivity index (χ2n) is 2.04. The highest BCUT2D eigenvalue weighted by Gasteiger charge is 2.08. The van der Waals surface area contributed by atoms with E-state index in [9.17, 15) is 4.79 Å². The van der Waals surface area contributed by atoms with Crippen molar-refractivity contribution in [3.05, 3.63) is 18.2 Å². The molecule has 1 aromatic carbocycles. The topological polar surface area (TPSA) is 92.8 Å². The molecule has 5 heteroatoms. The fourth-order valence-electron chi connectivity index (χ4n) is 0.701. The Morgan fingerprint density at radius 3 is 2.67 bits per heavy atom. The minimum atomic E-state index is -1.05. The molecule has 0 aliphatic carbocycles. The maximum Gasteiger partial charge on any atom is 0.410 e. The number of hydrogen-bond acceptors (Lipinski definition) is 4. The Morgan fingerprint density at radius 2 is 2.08 bits per heavy atom. The molecule has 1 rings (SSSR count). The highest BCUT2D eigenvalue weighted by Crippen LogP contribution is 2.34. The fraction of sp³-hybridized carbons (Fsp3) is 0. The number of amides is 1. The van der Waals surface area contributed by atoms with Crippen LogP contribution in [0.5, 0.6) is 17.2 Å². The van der Waals surface area contributed by atoms with Crippen molar-refractivity contribution >= 4 is 6.09 Å². The lowest BCUT2D eigenvalue weighted by Crippen LogP contribution is -2.16. The molecule has 0 saturated carbocycles. The standard InChI is InChI=1S/C7H7NO4/c8-7(11)12-5-3-1-2-4(9)6(5)10/h1-3,9-10H,(H2,8,11). The van der Waals surface area contributed by atoms with Gasteiger partial charge in [-0.05, 0) is 12.1 Å². The normalized spacial score (nSPS) is 9.33. The molecule has 0 saturated heterocycles. The molecule has 0 aliphatic heterocycles. The number of ether oxygens (including phenoxy) is 1. The van der Waals surface area contributed by atoms with E-state index in [4.69, 9.17) is 10.2 Å². The number of carbonyl (C=O) groups is 1. The molecule has 4 N–H and O–H groups in total. The average molecular weight is 169 g/mol. The van der Waals surface area contributed by atoms with Crippen LogP contribution in [-0.2, 0) is 0 Å². The number of benzene rings is 1. The van der Waals surface area contributed by atoms with Crippen LogP contribution >= 0.6 is 0 Å². The first-order valence-electron chi connectivity index (χ1n) is 3.09. The van der Waals surface area contributed by atoms with E-state index in [1.807, 2.05) is 0 Å². The summed E-state index contributed by atoms with van der Waals surface area (Å²) in [7, 11) is 0. The third-order valence-corrected chi connectivity index (χ3v) is 1.19. The van der Waals surface area contributed by atoms with E-state index in [1.165, 1.54) is 18.2 Å². The number of para-hydroxylation sites is 1. The van der Waals surface area contributed by atoms with Crippen LogP contribution in [0.1, 0.15) is 0 Å². The summed E-state index contributed by atoms with van der Waals surface area (Å²) in [4.78, 5) is 10.2. The van der Waals surface area contributed by atoms with Gasteiger partial charge in [-0.25, -0.2) is 4.79 Å². The smallest absolute Gasteiger partial charge is 0.410 e. The lowest BCUT2D eigenvalue weighted by molar-refractivity contribution is 0.208. The number of rotatable bonds is 1. The van der Waals surface area contributed by atoms with E-state index >= 15 is 0 Å². The number of nitrogens with two attached hydrogens (primary N) is 1. The summed E-state index contributed by atoms with van der Waals surface area (Å²) >= 11 is 0. The monoisotopic (exact) mass is 169 g/mol. The third-order valence-electron chi connectivity index (χ3n) is 1.19. The maximum atomic E-state index is 10.2. The van der Waals surface area contributed by atoms with E-state index < -0.39 is 11.8 Å². The molecule has 0 spiro atoms. The number of carbonyl (C=O) groups excluding carboxylic acids is 1. The Morgan fingerprint density at radius 1 is 1.42 bits per heavy atom. The van der Waals surface area contributed by atoms with Crippen molar-refractivity contribution in [2.45, 2.75) is 0 Å². The number of phenols is 2. The van der Waals surface area contributed by atoms with E-state index in [0.717, 1.165) is 0 Å². The van der Waals surface area contributed by atoms with E-state index in [1.54, 1.807) is 0 Å². The minimum absolute atomic E-state index is 0.164. The van der Waals surface area contributed by atoms with Crippen LogP contribution in [0, 0.1) is 0 Å². The molecule has 1 aromatic rings. The second-order valence-corrected chi connectivity index (χ2v) is 2.04. The molecular weight excluding hydrogens is 162 g/mol. The number of aromatic hydroxyl groups is 2. The SMILES string of the molecule is NC(=O)Oc1cccc(O)c1O. The first-order valence-corrected chi connectivity index (χ1v) is 3.09. The fourth-order valence-corrected chi connectivity index (χ4v) is 0.701. The van der Waals surface area contributed by atoms with Crippen LogP contribution in [0.15, 0.2) is 18.2 Å². The van der Waals surface area contributed by atoms with Crippen LogP contribution in [0.25, 0.3) is 0 Å². The first-order chi connectivity index (χ1) is 5.61. The number of primary amides is 1. The van der Waals surface area contributed by atoms with Gasteiger partial charge in [-0.2, -0.15) is 0 Å². The van der Waals surface area contributed by atoms with Gasteiger partial charge < -0.3 is 20.7 Å². The van der Waals surface area contributed by atoms with Gasteiger partial charge in [-0.1, -0.05) is 6.07 Å². The van der Waals surface area contributed by atoms with Crippen molar-refractivity contribution < 1.29 is 19.7 Å². The van der Waals surface area contributed by atoms with Gasteiger partial charge in [-0.3, -0.25) is 0 Å². The predicted octanol–water partition coefficient (Wildman–Crippen LogP) is 0.555. The molecule has 0 aliphatic rings. The molecule has 12 heavy (non-hydrogen) atoms. The van der Waals surface area contributed by atoms with Gasteiger partial charge in [-0.15, -0.1) is 0 Å². The van der Waals surface area contributed by atoms with Crippen molar-refractivity contribution in [1.29, 1.82) is 0 Å². The van der Waals surface area contributed by atoms with Crippen molar-refractivity contribution in [1.82, 2.24) is 0 Å². The molecule has 0 fully saturated rings. The van der Waals surface area contributed by atoms with Gasteiger partial charge in [0.05, 0.1) is 0 Å². The van der Waals surface area contributed by atoms with E-state index in [2.05, 4.69) is 10.5 Å². The van der Waals surface area contributed by atoms with Crippen molar-refractivity contribution in [2.75, 3.05) is 0 Å². The summed E-state index contributed by atoms with van der Waals surface area (Å²) in [6, 6.07) is 3.97. The Kier molecular flexibility index (Phi) is 2.05. The van der Waals surface area contributed by atoms with Crippen LogP contribution in [0.2, 0.25) is 0 Å². The third kappa shape index (κ3) is 1.57. The molecule has 0 atom stereocenters. The quantitative estimate of drug-likeness (QED) is 0.535. The molecule has 0 bridgehead atoms. The Balaban J connectivity index is 3.00. The van der Waals surface area contributed by atoms with Gasteiger partial charge in [0.1, 0.15) is 0 Å². The zero-order valence-electron chi connectivity index (χ0n) is 6.02. The zero-order valence-corrected chi connectivity index (χ0v) is 6.02. The molecule has 1 amide bonds. The Bertz CT molecular complexity index is 310. The lowest BCUT2D eigenvalue weighted by Gasteiger charge is -2.03. The van der Waals surface area contributed by atoms with Crippen molar-refractivity contribution in [2.24, 2.45) is 5.73 Å². The molecule has 0 heterocycles. The largest absolute Gasteiger partial charge is 0.504 e. The van der Waals surface area contributed by atoms with Crippen molar-refractivity contribution in [3.8, 4) is 17.2 Å². The average Bonchev–Trinajstić information content (AvgIpc) is 1.98. The van der Waals surface area contributed by atoms with Crippen LogP contribution in [-0.4, -0.2) is 16.3 Å². The highest BCUT2D eigenvalue weighted by molar-refractivity contribution is 5.69. The molecule has 64 valence electrons. The Labute approximate surface area is 68.0 Å². The Hall–Kier alpha value is -1.91. The van der Waals surface area contributed by atoms with Crippen LogP contribution in [0.4, 0.5) is 4.79 Å². The van der Waals surface area contributed by atoms with Gasteiger partial charge in [0.15, 0.2) is 11.5 Å². The molecule has 0 aromatic heterocycles. The summed E-state index contributed by atoms with van der Waals surface area (Å²) in [5.74, 6) is -1.03. The van der Waals surface area contributed by atoms with Crippen LogP contribution < -0.4 is 10.5 Å². The highest BCUT2D eigenvalue weighted by atomic mass is 16.6. The summed E-state index contributed by atoms with van der Waals surface area (Å²) in [5.41, 5.74) is 4.69. The summed E-state index contributed by atoms with van der Waals surface area (Å²) in [6.45, 7) is 0. The summed E-state index contributed by atoms with van der Waals surface area (Å²) in [6.07, 6.45) is -1.05. The van der Waals surface area contributed by atoms with Crippen molar-refractivity contribution in [3.63, 3.8) is 0 Å². The van der Waals surface area contributed by atoms with Crippen LogP contribution in [0.3, 0.4) is 0 Å². The van der Waals surface area contributed by atoms with E-state index in [0.29, 0.717) is 0 Å². The second kappa shape index (κ2) is 3.00. The summed E-state index contributed by atoms with van der Waals surface area (Å²) in [5, 5.41) is 18.0. The number of phenolic OH excluding ortho intramolecular Hbond substituents is 2. The molecule has 0 unspecified atom stereocenters. The molecule has 5 nitrogen and oxygen atoms in total. The lowest BCUT2D eigenvalue weighted by atomic mass is 10.3. The molecular formula is C7H7NO4. The van der Waals surface area contributed by atoms with Gasteiger partial charge >= 0.3 is 6.09 Å². The predicted molar refractivity (Wildman–Crippen MR) is 40.0 cm³/mol.